The highest BCUT2D eigenvalue weighted by molar-refractivity contribution is 4.89. The number of nitrogens with one attached hydrogen (secondary N) is 1. The van der Waals surface area contributed by atoms with Crippen LogP contribution in [-0.2, 0) is 4.74 Å². The molecular weight excluding hydrogens is 228 g/mol. The Hall–Kier alpha value is -0.160. The van der Waals surface area contributed by atoms with Gasteiger partial charge in [-0.2, -0.15) is 0 Å². The van der Waals surface area contributed by atoms with Gasteiger partial charge in [0.15, 0.2) is 0 Å². The van der Waals surface area contributed by atoms with E-state index in [4.69, 9.17) is 4.74 Å². The Morgan fingerprint density at radius 3 is 2.67 bits per heavy atom. The second-order valence-electron chi connectivity index (χ2n) is 6.01. The number of aliphatic hydroxyl groups excluding tert-OH is 1. The van der Waals surface area contributed by atoms with E-state index in [1.165, 1.54) is 25.7 Å². The van der Waals surface area contributed by atoms with E-state index in [-0.39, 0.29) is 12.2 Å². The smallest absolute Gasteiger partial charge is 0.0900 e. The molecule has 2 aliphatic rings. The molecule has 1 aliphatic carbocycles. The van der Waals surface area contributed by atoms with Crippen molar-refractivity contribution < 1.29 is 9.84 Å². The number of hydrogen-bond acceptors (Lipinski definition) is 4. The fraction of sp³-hybridized carbons (Fsp3) is 1.00. The molecule has 0 aromatic carbocycles. The molecule has 18 heavy (non-hydrogen) atoms. The Morgan fingerprint density at radius 2 is 2.11 bits per heavy atom. The highest BCUT2D eigenvalue weighted by Crippen LogP contribution is 2.27. The topological polar surface area (TPSA) is 44.7 Å². The minimum Gasteiger partial charge on any atom is -0.389 e. The van der Waals surface area contributed by atoms with Gasteiger partial charge in [0, 0.05) is 25.2 Å². The largest absolute Gasteiger partial charge is 0.389 e. The van der Waals surface area contributed by atoms with Gasteiger partial charge in [-0.1, -0.05) is 0 Å². The lowest BCUT2D eigenvalue weighted by atomic mass is 10.2. The Kier molecular flexibility index (Phi) is 5.42. The first kappa shape index (κ1) is 14.3. The molecule has 2 N–H and O–H groups in total. The van der Waals surface area contributed by atoms with E-state index in [9.17, 15) is 5.11 Å². The van der Waals surface area contributed by atoms with Crippen molar-refractivity contribution in [2.24, 2.45) is 0 Å². The van der Waals surface area contributed by atoms with Crippen LogP contribution in [0.2, 0.25) is 0 Å². The van der Waals surface area contributed by atoms with Crippen molar-refractivity contribution in [1.82, 2.24) is 10.2 Å². The minimum atomic E-state index is -0.352. The maximum absolute atomic E-state index is 10.0. The summed E-state index contributed by atoms with van der Waals surface area (Å²) < 4.78 is 5.48. The molecule has 0 radical (unpaired) electrons. The first-order chi connectivity index (χ1) is 8.65. The predicted molar refractivity (Wildman–Crippen MR) is 72.7 cm³/mol. The monoisotopic (exact) mass is 256 g/mol. The molecular formula is C14H28N2O2. The highest BCUT2D eigenvalue weighted by atomic mass is 16.5. The maximum atomic E-state index is 10.0. The Labute approximate surface area is 111 Å². The third kappa shape index (κ3) is 4.84. The summed E-state index contributed by atoms with van der Waals surface area (Å²) in [5.41, 5.74) is 0. The number of ether oxygens (including phenoxy) is 1. The Morgan fingerprint density at radius 1 is 1.33 bits per heavy atom. The standard InChI is InChI=1S/C14H28N2O2/c1-11(2)18-10-14(17)9-16(13-5-6-13)8-12-4-3-7-15-12/h11-15,17H,3-10H2,1-2H3. The van der Waals surface area contributed by atoms with Crippen molar-refractivity contribution in [3.8, 4) is 0 Å². The average Bonchev–Trinajstić information content (AvgIpc) is 3.05. The van der Waals surface area contributed by atoms with Crippen molar-refractivity contribution in [2.75, 3.05) is 26.2 Å². The first-order valence-corrected chi connectivity index (χ1v) is 7.42. The van der Waals surface area contributed by atoms with Gasteiger partial charge < -0.3 is 15.2 Å². The van der Waals surface area contributed by atoms with Crippen LogP contribution in [0.15, 0.2) is 0 Å². The van der Waals surface area contributed by atoms with Gasteiger partial charge in [-0.3, -0.25) is 4.90 Å². The summed E-state index contributed by atoms with van der Waals surface area (Å²) in [4.78, 5) is 2.46. The minimum absolute atomic E-state index is 0.200. The van der Waals surface area contributed by atoms with Crippen LogP contribution in [0, 0.1) is 0 Å². The summed E-state index contributed by atoms with van der Waals surface area (Å²) in [5.74, 6) is 0. The van der Waals surface area contributed by atoms with Gasteiger partial charge in [0.2, 0.25) is 0 Å². The molecule has 1 heterocycles. The average molecular weight is 256 g/mol. The van der Waals surface area contributed by atoms with Crippen molar-refractivity contribution in [1.29, 1.82) is 0 Å². The van der Waals surface area contributed by atoms with Crippen LogP contribution in [-0.4, -0.2) is 60.5 Å². The van der Waals surface area contributed by atoms with E-state index in [1.54, 1.807) is 0 Å². The summed E-state index contributed by atoms with van der Waals surface area (Å²) in [7, 11) is 0. The van der Waals surface area contributed by atoms with Crippen LogP contribution < -0.4 is 5.32 Å². The lowest BCUT2D eigenvalue weighted by molar-refractivity contribution is -0.0104. The van der Waals surface area contributed by atoms with E-state index in [0.29, 0.717) is 18.7 Å². The van der Waals surface area contributed by atoms with E-state index in [0.717, 1.165) is 19.6 Å². The molecule has 1 aliphatic heterocycles. The maximum Gasteiger partial charge on any atom is 0.0900 e. The molecule has 106 valence electrons. The van der Waals surface area contributed by atoms with Crippen LogP contribution in [0.1, 0.15) is 39.5 Å². The molecule has 0 aromatic rings. The molecule has 2 rings (SSSR count). The highest BCUT2D eigenvalue weighted by Gasteiger charge is 2.32. The summed E-state index contributed by atoms with van der Waals surface area (Å²) in [5, 5.41) is 13.6. The van der Waals surface area contributed by atoms with Crippen molar-refractivity contribution in [3.63, 3.8) is 0 Å². The van der Waals surface area contributed by atoms with E-state index >= 15 is 0 Å². The van der Waals surface area contributed by atoms with E-state index in [2.05, 4.69) is 10.2 Å². The molecule has 4 heteroatoms. The summed E-state index contributed by atoms with van der Waals surface area (Å²) in [6, 6.07) is 1.34. The number of hydrogen-bond donors (Lipinski definition) is 2. The third-order valence-electron chi connectivity index (χ3n) is 3.75. The Bertz CT molecular complexity index is 238. The van der Waals surface area contributed by atoms with Crippen molar-refractivity contribution in [3.05, 3.63) is 0 Å². The van der Waals surface area contributed by atoms with Gasteiger partial charge in [-0.15, -0.1) is 0 Å². The van der Waals surface area contributed by atoms with Gasteiger partial charge in [0.05, 0.1) is 18.8 Å². The molecule has 1 saturated heterocycles. The van der Waals surface area contributed by atoms with Crippen LogP contribution in [0.3, 0.4) is 0 Å². The van der Waals surface area contributed by atoms with Crippen LogP contribution >= 0.6 is 0 Å². The summed E-state index contributed by atoms with van der Waals surface area (Å²) in [6.45, 7) is 7.47. The molecule has 2 atom stereocenters. The first-order valence-electron chi connectivity index (χ1n) is 7.42. The normalized spacial score (nSPS) is 26.2. The van der Waals surface area contributed by atoms with Gasteiger partial charge in [-0.25, -0.2) is 0 Å². The lowest BCUT2D eigenvalue weighted by Gasteiger charge is -2.28. The molecule has 2 fully saturated rings. The van der Waals surface area contributed by atoms with E-state index < -0.39 is 0 Å². The van der Waals surface area contributed by atoms with Gasteiger partial charge in [0.1, 0.15) is 0 Å². The predicted octanol–water partition coefficient (Wildman–Crippen LogP) is 0.989. The van der Waals surface area contributed by atoms with Gasteiger partial charge >= 0.3 is 0 Å². The summed E-state index contributed by atoms with van der Waals surface area (Å²) in [6.07, 6.45) is 5.01. The van der Waals surface area contributed by atoms with Gasteiger partial charge in [-0.05, 0) is 46.1 Å². The molecule has 0 bridgehead atoms. The van der Waals surface area contributed by atoms with Crippen LogP contribution in [0.5, 0.6) is 0 Å². The summed E-state index contributed by atoms with van der Waals surface area (Å²) >= 11 is 0. The lowest BCUT2D eigenvalue weighted by Crippen LogP contribution is -2.43. The zero-order chi connectivity index (χ0) is 13.0. The molecule has 4 nitrogen and oxygen atoms in total. The number of rotatable bonds is 8. The fourth-order valence-corrected chi connectivity index (χ4v) is 2.63. The molecule has 1 saturated carbocycles. The zero-order valence-corrected chi connectivity index (χ0v) is 11.8. The molecule has 0 amide bonds. The van der Waals surface area contributed by atoms with Crippen LogP contribution in [0.4, 0.5) is 0 Å². The van der Waals surface area contributed by atoms with Gasteiger partial charge in [0.25, 0.3) is 0 Å². The second-order valence-corrected chi connectivity index (χ2v) is 6.01. The third-order valence-corrected chi connectivity index (χ3v) is 3.75. The van der Waals surface area contributed by atoms with E-state index in [1.807, 2.05) is 13.8 Å². The molecule has 2 unspecified atom stereocenters. The van der Waals surface area contributed by atoms with Crippen molar-refractivity contribution in [2.45, 2.75) is 63.8 Å². The number of nitrogens with zero attached hydrogens (tertiary/aromatic N) is 1. The molecule has 0 spiro atoms. The zero-order valence-electron chi connectivity index (χ0n) is 11.8. The molecule has 0 aromatic heterocycles. The second kappa shape index (κ2) is 6.85. The SMILES string of the molecule is CC(C)OCC(O)CN(CC1CCCN1)C1CC1. The van der Waals surface area contributed by atoms with Crippen LogP contribution in [0.25, 0.3) is 0 Å². The number of aliphatic hydroxyl groups is 1. The van der Waals surface area contributed by atoms with Crippen molar-refractivity contribution >= 4 is 0 Å². The Balaban J connectivity index is 1.71. The fourth-order valence-electron chi connectivity index (χ4n) is 2.63. The quantitative estimate of drug-likeness (QED) is 0.680.